The fraction of sp³-hybridized carbons (Fsp3) is 0.417. The van der Waals surface area contributed by atoms with Crippen molar-refractivity contribution in [3.05, 3.63) is 24.0 Å². The number of anilines is 1. The van der Waals surface area contributed by atoms with E-state index in [9.17, 15) is 0 Å². The third-order valence-electron chi connectivity index (χ3n) is 2.99. The Morgan fingerprint density at radius 2 is 2.26 bits per heavy atom. The molecule has 1 aliphatic heterocycles. The van der Waals surface area contributed by atoms with Crippen LogP contribution in [0.4, 0.5) is 5.82 Å². The molecule has 1 unspecified atom stereocenters. The molecule has 0 aromatic carbocycles. The van der Waals surface area contributed by atoms with Gasteiger partial charge in [-0.15, -0.1) is 0 Å². The van der Waals surface area contributed by atoms with E-state index in [1.54, 1.807) is 18.2 Å². The van der Waals surface area contributed by atoms with Crippen LogP contribution in [0.15, 0.2) is 22.7 Å². The fourth-order valence-electron chi connectivity index (χ4n) is 1.97. The maximum absolute atomic E-state index is 5.64. The monoisotopic (exact) mass is 261 g/mol. The molecule has 7 heteroatoms. The second-order valence-electron chi connectivity index (χ2n) is 4.53. The zero-order valence-corrected chi connectivity index (χ0v) is 10.6. The number of ether oxygens (including phenoxy) is 1. The van der Waals surface area contributed by atoms with Gasteiger partial charge in [0.2, 0.25) is 5.82 Å². The Hall–Kier alpha value is -1.99. The van der Waals surface area contributed by atoms with Gasteiger partial charge in [-0.1, -0.05) is 11.2 Å². The highest BCUT2D eigenvalue weighted by Gasteiger charge is 2.24. The van der Waals surface area contributed by atoms with Gasteiger partial charge in [-0.3, -0.25) is 0 Å². The Balaban J connectivity index is 1.83. The molecule has 3 heterocycles. The van der Waals surface area contributed by atoms with Crippen LogP contribution in [0, 0.1) is 0 Å². The smallest absolute Gasteiger partial charge is 0.276 e. The van der Waals surface area contributed by atoms with Crippen molar-refractivity contribution in [3.8, 4) is 11.6 Å². The Morgan fingerprint density at radius 1 is 1.37 bits per heavy atom. The van der Waals surface area contributed by atoms with E-state index in [1.807, 2.05) is 7.05 Å². The van der Waals surface area contributed by atoms with Gasteiger partial charge < -0.3 is 19.9 Å². The minimum Gasteiger partial charge on any atom is -0.384 e. The number of rotatable bonds is 2. The van der Waals surface area contributed by atoms with Crippen molar-refractivity contribution in [2.45, 2.75) is 6.10 Å². The van der Waals surface area contributed by atoms with Crippen LogP contribution in [0.3, 0.4) is 0 Å². The first kappa shape index (κ1) is 12.1. The first-order valence-electron chi connectivity index (χ1n) is 6.09. The second-order valence-corrected chi connectivity index (χ2v) is 4.53. The summed E-state index contributed by atoms with van der Waals surface area (Å²) in [6.07, 6.45) is -0.155. The lowest BCUT2D eigenvalue weighted by molar-refractivity contribution is -0.0264. The Morgan fingerprint density at radius 3 is 3.05 bits per heavy atom. The summed E-state index contributed by atoms with van der Waals surface area (Å²) in [4.78, 5) is 10.6. The quantitative estimate of drug-likeness (QED) is 0.851. The molecule has 0 aliphatic carbocycles. The van der Waals surface area contributed by atoms with Gasteiger partial charge in [0.25, 0.3) is 5.89 Å². The molecular weight excluding hydrogens is 246 g/mol. The van der Waals surface area contributed by atoms with Crippen LogP contribution in [0.25, 0.3) is 11.6 Å². The van der Waals surface area contributed by atoms with Crippen molar-refractivity contribution in [2.24, 2.45) is 0 Å². The molecule has 0 spiro atoms. The number of aromatic nitrogens is 3. The number of likely N-dealkylation sites (N-methyl/N-ethyl adjacent to an activating group) is 1. The minimum atomic E-state index is -0.155. The molecule has 0 saturated carbocycles. The van der Waals surface area contributed by atoms with E-state index in [0.29, 0.717) is 29.8 Å². The molecule has 1 aliphatic rings. The first-order chi connectivity index (χ1) is 9.22. The predicted octanol–water partition coefficient (Wildman–Crippen LogP) is 0.717. The van der Waals surface area contributed by atoms with Crippen molar-refractivity contribution < 1.29 is 9.26 Å². The molecular formula is C12H15N5O2. The maximum atomic E-state index is 5.64. The van der Waals surface area contributed by atoms with Crippen molar-refractivity contribution in [3.63, 3.8) is 0 Å². The maximum Gasteiger partial charge on any atom is 0.276 e. The summed E-state index contributed by atoms with van der Waals surface area (Å²) in [6.45, 7) is 2.34. The standard InChI is InChI=1S/C12H15N5O2/c1-17-5-6-18-9(7-17)11-15-12(19-16-11)8-3-2-4-10(13)14-8/h2-4,9H,5-7H2,1H3,(H2,13,14). The van der Waals surface area contributed by atoms with E-state index in [-0.39, 0.29) is 6.10 Å². The summed E-state index contributed by atoms with van der Waals surface area (Å²) < 4.78 is 10.9. The number of morpholine rings is 1. The zero-order valence-electron chi connectivity index (χ0n) is 10.6. The minimum absolute atomic E-state index is 0.155. The molecule has 2 N–H and O–H groups in total. The molecule has 2 aromatic rings. The summed E-state index contributed by atoms with van der Waals surface area (Å²) in [5.41, 5.74) is 6.20. The highest BCUT2D eigenvalue weighted by Crippen LogP contribution is 2.22. The van der Waals surface area contributed by atoms with Crippen LogP contribution in [0.1, 0.15) is 11.9 Å². The molecule has 19 heavy (non-hydrogen) atoms. The number of nitrogen functional groups attached to an aromatic ring is 1. The number of nitrogens with zero attached hydrogens (tertiary/aromatic N) is 4. The summed E-state index contributed by atoms with van der Waals surface area (Å²) in [6, 6.07) is 5.29. The largest absolute Gasteiger partial charge is 0.384 e. The van der Waals surface area contributed by atoms with Crippen LogP contribution in [-0.4, -0.2) is 46.8 Å². The average Bonchev–Trinajstić information content (AvgIpc) is 2.88. The Labute approximate surface area is 110 Å². The van der Waals surface area contributed by atoms with Gasteiger partial charge in [0, 0.05) is 13.1 Å². The molecule has 100 valence electrons. The highest BCUT2D eigenvalue weighted by molar-refractivity contribution is 5.49. The van der Waals surface area contributed by atoms with Gasteiger partial charge in [0.05, 0.1) is 6.61 Å². The fourth-order valence-corrected chi connectivity index (χ4v) is 1.97. The number of hydrogen-bond donors (Lipinski definition) is 1. The molecule has 7 nitrogen and oxygen atoms in total. The van der Waals surface area contributed by atoms with Crippen LogP contribution in [0.2, 0.25) is 0 Å². The summed E-state index contributed by atoms with van der Waals surface area (Å²) in [5, 5.41) is 3.96. The van der Waals surface area contributed by atoms with E-state index in [0.717, 1.165) is 13.1 Å². The van der Waals surface area contributed by atoms with Crippen molar-refractivity contribution in [1.82, 2.24) is 20.0 Å². The van der Waals surface area contributed by atoms with E-state index in [4.69, 9.17) is 15.0 Å². The van der Waals surface area contributed by atoms with Gasteiger partial charge in [-0.2, -0.15) is 4.98 Å². The molecule has 0 bridgehead atoms. The second kappa shape index (κ2) is 4.94. The van der Waals surface area contributed by atoms with Gasteiger partial charge in [-0.05, 0) is 19.2 Å². The molecule has 3 rings (SSSR count). The normalized spacial score (nSPS) is 20.6. The molecule has 1 fully saturated rings. The predicted molar refractivity (Wildman–Crippen MR) is 68.1 cm³/mol. The van der Waals surface area contributed by atoms with Crippen LogP contribution in [0.5, 0.6) is 0 Å². The summed E-state index contributed by atoms with van der Waals surface area (Å²) in [5.74, 6) is 1.33. The van der Waals surface area contributed by atoms with E-state index >= 15 is 0 Å². The van der Waals surface area contributed by atoms with Gasteiger partial charge >= 0.3 is 0 Å². The van der Waals surface area contributed by atoms with Crippen molar-refractivity contribution >= 4 is 5.82 Å². The highest BCUT2D eigenvalue weighted by atomic mass is 16.5. The van der Waals surface area contributed by atoms with E-state index in [2.05, 4.69) is 20.0 Å². The number of hydrogen-bond acceptors (Lipinski definition) is 7. The van der Waals surface area contributed by atoms with Gasteiger partial charge in [-0.25, -0.2) is 4.98 Å². The van der Waals surface area contributed by atoms with Crippen molar-refractivity contribution in [1.29, 1.82) is 0 Å². The third-order valence-corrected chi connectivity index (χ3v) is 2.99. The van der Waals surface area contributed by atoms with E-state index < -0.39 is 0 Å². The van der Waals surface area contributed by atoms with Crippen molar-refractivity contribution in [2.75, 3.05) is 32.5 Å². The van der Waals surface area contributed by atoms with E-state index in [1.165, 1.54) is 0 Å². The molecule has 0 radical (unpaired) electrons. The molecule has 0 amide bonds. The SMILES string of the molecule is CN1CCOC(c2noc(-c3cccc(N)n3)n2)C1. The topological polar surface area (TPSA) is 90.3 Å². The van der Waals surface area contributed by atoms with Crippen LogP contribution < -0.4 is 5.73 Å². The Kier molecular flexibility index (Phi) is 3.14. The average molecular weight is 261 g/mol. The zero-order chi connectivity index (χ0) is 13.2. The van der Waals surface area contributed by atoms with Crippen LogP contribution in [-0.2, 0) is 4.74 Å². The molecule has 1 atom stereocenters. The lowest BCUT2D eigenvalue weighted by Crippen LogP contribution is -2.35. The summed E-state index contributed by atoms with van der Waals surface area (Å²) in [7, 11) is 2.04. The Bertz CT molecular complexity index is 571. The van der Waals surface area contributed by atoms with Gasteiger partial charge in [0.15, 0.2) is 0 Å². The molecule has 1 saturated heterocycles. The number of pyridine rings is 1. The van der Waals surface area contributed by atoms with Crippen LogP contribution >= 0.6 is 0 Å². The first-order valence-corrected chi connectivity index (χ1v) is 6.09. The third kappa shape index (κ3) is 2.56. The summed E-state index contributed by atoms with van der Waals surface area (Å²) >= 11 is 0. The number of nitrogens with two attached hydrogens (primary N) is 1. The lowest BCUT2D eigenvalue weighted by Gasteiger charge is -2.27. The lowest BCUT2D eigenvalue weighted by atomic mass is 10.2. The van der Waals surface area contributed by atoms with Gasteiger partial charge in [0.1, 0.15) is 17.6 Å². The molecule has 2 aromatic heterocycles.